The highest BCUT2D eigenvalue weighted by Crippen LogP contribution is 2.15. The number of benzene rings is 1. The first kappa shape index (κ1) is 13.2. The number of aromatic amines is 1. The monoisotopic (exact) mass is 268 g/mol. The molecule has 0 radical (unpaired) electrons. The second-order valence-corrected chi connectivity index (χ2v) is 3.98. The Labute approximate surface area is 107 Å². The van der Waals surface area contributed by atoms with Crippen molar-refractivity contribution >= 4 is 5.91 Å². The third kappa shape index (κ3) is 3.15. The first-order chi connectivity index (χ1) is 9.08. The Balaban J connectivity index is 1.97. The zero-order valence-electron chi connectivity index (χ0n) is 9.84. The molecule has 0 spiro atoms. The van der Waals surface area contributed by atoms with E-state index < -0.39 is 23.4 Å². The molecule has 2 rings (SSSR count). The molecule has 1 aromatic heterocycles. The van der Waals surface area contributed by atoms with Gasteiger partial charge in [-0.05, 0) is 18.2 Å². The van der Waals surface area contributed by atoms with Gasteiger partial charge in [0.1, 0.15) is 0 Å². The van der Waals surface area contributed by atoms with Crippen LogP contribution in [0.5, 0.6) is 0 Å². The Bertz CT molecular complexity index is 582. The topological polar surface area (TPSA) is 44.9 Å². The molecule has 0 bridgehead atoms. The van der Waals surface area contributed by atoms with E-state index in [2.05, 4.69) is 10.3 Å². The minimum absolute atomic E-state index is 0.178. The smallest absolute Gasteiger partial charge is 0.224 e. The Kier molecular flexibility index (Phi) is 3.89. The molecule has 0 saturated carbocycles. The summed E-state index contributed by atoms with van der Waals surface area (Å²) < 4.78 is 39.0. The quantitative estimate of drug-likeness (QED) is 0.821. The van der Waals surface area contributed by atoms with Gasteiger partial charge in [-0.15, -0.1) is 0 Å². The maximum absolute atomic E-state index is 13.3. The first-order valence-corrected chi connectivity index (χ1v) is 5.59. The van der Waals surface area contributed by atoms with Crippen molar-refractivity contribution < 1.29 is 18.0 Å². The van der Waals surface area contributed by atoms with Crippen LogP contribution in [0.1, 0.15) is 11.3 Å². The average Bonchev–Trinajstić information content (AvgIpc) is 2.90. The Morgan fingerprint density at radius 3 is 2.63 bits per heavy atom. The molecule has 0 saturated heterocycles. The molecule has 19 heavy (non-hydrogen) atoms. The highest BCUT2D eigenvalue weighted by molar-refractivity contribution is 5.78. The van der Waals surface area contributed by atoms with Crippen molar-refractivity contribution in [2.45, 2.75) is 13.0 Å². The van der Waals surface area contributed by atoms with Crippen molar-refractivity contribution in [3.63, 3.8) is 0 Å². The molecule has 100 valence electrons. The van der Waals surface area contributed by atoms with E-state index in [0.29, 0.717) is 0 Å². The van der Waals surface area contributed by atoms with Crippen LogP contribution in [-0.2, 0) is 17.8 Å². The maximum Gasteiger partial charge on any atom is 0.224 e. The fourth-order valence-corrected chi connectivity index (χ4v) is 1.61. The third-order valence-corrected chi connectivity index (χ3v) is 2.60. The van der Waals surface area contributed by atoms with Crippen molar-refractivity contribution in [1.29, 1.82) is 0 Å². The summed E-state index contributed by atoms with van der Waals surface area (Å²) in [5, 5.41) is 2.54. The van der Waals surface area contributed by atoms with Crippen LogP contribution in [0.15, 0.2) is 30.5 Å². The zero-order chi connectivity index (χ0) is 13.8. The minimum Gasteiger partial charge on any atom is -0.364 e. The third-order valence-electron chi connectivity index (χ3n) is 2.60. The first-order valence-electron chi connectivity index (χ1n) is 5.59. The molecule has 2 aromatic rings. The summed E-state index contributed by atoms with van der Waals surface area (Å²) in [6.45, 7) is 0.261. The maximum atomic E-state index is 13.3. The Morgan fingerprint density at radius 1 is 1.16 bits per heavy atom. The highest BCUT2D eigenvalue weighted by atomic mass is 19.2. The molecule has 0 aliphatic carbocycles. The van der Waals surface area contributed by atoms with Crippen LogP contribution in [-0.4, -0.2) is 10.9 Å². The van der Waals surface area contributed by atoms with Crippen molar-refractivity contribution in [1.82, 2.24) is 10.3 Å². The summed E-state index contributed by atoms with van der Waals surface area (Å²) in [6.07, 6.45) is 1.36. The van der Waals surface area contributed by atoms with Crippen molar-refractivity contribution in [2.75, 3.05) is 0 Å². The number of hydrogen-bond acceptors (Lipinski definition) is 1. The number of amides is 1. The largest absolute Gasteiger partial charge is 0.364 e. The van der Waals surface area contributed by atoms with Gasteiger partial charge in [0.25, 0.3) is 0 Å². The predicted octanol–water partition coefficient (Wildman–Crippen LogP) is 2.29. The average molecular weight is 268 g/mol. The molecule has 0 aliphatic rings. The van der Waals surface area contributed by atoms with Gasteiger partial charge in [-0.1, -0.05) is 6.07 Å². The van der Waals surface area contributed by atoms with Gasteiger partial charge in [-0.25, -0.2) is 13.2 Å². The van der Waals surface area contributed by atoms with E-state index in [1.807, 2.05) is 0 Å². The molecule has 0 unspecified atom stereocenters. The van der Waals surface area contributed by atoms with Crippen LogP contribution in [0, 0.1) is 17.5 Å². The molecule has 0 fully saturated rings. The van der Waals surface area contributed by atoms with Crippen molar-refractivity contribution in [2.24, 2.45) is 0 Å². The van der Waals surface area contributed by atoms with Crippen LogP contribution in [0.3, 0.4) is 0 Å². The number of nitrogens with one attached hydrogen (secondary N) is 2. The van der Waals surface area contributed by atoms with Gasteiger partial charge in [0.05, 0.1) is 13.0 Å². The second kappa shape index (κ2) is 5.60. The summed E-state index contributed by atoms with van der Waals surface area (Å²) in [5.41, 5.74) is 0.613. The molecule has 0 aliphatic heterocycles. The van der Waals surface area contributed by atoms with Gasteiger partial charge in [0.2, 0.25) is 5.91 Å². The predicted molar refractivity (Wildman–Crippen MR) is 62.7 cm³/mol. The number of carbonyl (C=O) groups is 1. The van der Waals surface area contributed by atoms with Gasteiger partial charge >= 0.3 is 0 Å². The lowest BCUT2D eigenvalue weighted by atomic mass is 10.1. The van der Waals surface area contributed by atoms with E-state index in [1.54, 1.807) is 18.3 Å². The van der Waals surface area contributed by atoms with E-state index >= 15 is 0 Å². The number of hydrogen-bond donors (Lipinski definition) is 2. The summed E-state index contributed by atoms with van der Waals surface area (Å²) in [5.74, 6) is -4.63. The molecule has 1 heterocycles. The Hall–Kier alpha value is -2.24. The molecular weight excluding hydrogens is 257 g/mol. The van der Waals surface area contributed by atoms with Gasteiger partial charge in [-0.3, -0.25) is 4.79 Å². The van der Waals surface area contributed by atoms with Gasteiger partial charge in [0, 0.05) is 17.5 Å². The standard InChI is InChI=1S/C13H11F3N2O/c14-10-4-3-8(12(15)13(10)16)6-11(19)18-7-9-2-1-5-17-9/h1-5,17H,6-7H2,(H,18,19). The summed E-state index contributed by atoms with van der Waals surface area (Å²) >= 11 is 0. The summed E-state index contributed by atoms with van der Waals surface area (Å²) in [4.78, 5) is 14.4. The SMILES string of the molecule is O=C(Cc1ccc(F)c(F)c1F)NCc1ccc[nH]1. The van der Waals surface area contributed by atoms with E-state index in [1.165, 1.54) is 0 Å². The summed E-state index contributed by atoms with van der Waals surface area (Å²) in [7, 11) is 0. The lowest BCUT2D eigenvalue weighted by Crippen LogP contribution is -2.25. The van der Waals surface area contributed by atoms with Crippen molar-refractivity contribution in [3.05, 3.63) is 59.2 Å². The van der Waals surface area contributed by atoms with E-state index in [-0.39, 0.29) is 18.5 Å². The second-order valence-electron chi connectivity index (χ2n) is 3.98. The normalized spacial score (nSPS) is 10.5. The number of H-pyrrole nitrogens is 1. The van der Waals surface area contributed by atoms with Crippen LogP contribution >= 0.6 is 0 Å². The molecular formula is C13H11F3N2O. The van der Waals surface area contributed by atoms with Gasteiger partial charge in [0.15, 0.2) is 17.5 Å². The fraction of sp³-hybridized carbons (Fsp3) is 0.154. The molecule has 3 nitrogen and oxygen atoms in total. The number of carbonyl (C=O) groups excluding carboxylic acids is 1. The highest BCUT2D eigenvalue weighted by Gasteiger charge is 2.15. The van der Waals surface area contributed by atoms with Gasteiger partial charge < -0.3 is 10.3 Å². The van der Waals surface area contributed by atoms with E-state index in [9.17, 15) is 18.0 Å². The number of aromatic nitrogens is 1. The molecule has 2 N–H and O–H groups in total. The minimum atomic E-state index is -1.56. The van der Waals surface area contributed by atoms with E-state index in [0.717, 1.165) is 17.8 Å². The number of rotatable bonds is 4. The lowest BCUT2D eigenvalue weighted by molar-refractivity contribution is -0.120. The molecule has 1 amide bonds. The Morgan fingerprint density at radius 2 is 1.95 bits per heavy atom. The van der Waals surface area contributed by atoms with Crippen molar-refractivity contribution in [3.8, 4) is 0 Å². The molecule has 1 aromatic carbocycles. The van der Waals surface area contributed by atoms with Gasteiger partial charge in [-0.2, -0.15) is 0 Å². The van der Waals surface area contributed by atoms with Crippen LogP contribution in [0.2, 0.25) is 0 Å². The van der Waals surface area contributed by atoms with E-state index in [4.69, 9.17) is 0 Å². The number of halogens is 3. The lowest BCUT2D eigenvalue weighted by Gasteiger charge is -2.06. The zero-order valence-corrected chi connectivity index (χ0v) is 9.84. The summed E-state index contributed by atoms with van der Waals surface area (Å²) in [6, 6.07) is 5.41. The molecule has 6 heteroatoms. The van der Waals surface area contributed by atoms with Crippen LogP contribution in [0.25, 0.3) is 0 Å². The van der Waals surface area contributed by atoms with Crippen LogP contribution in [0.4, 0.5) is 13.2 Å². The molecule has 0 atom stereocenters. The van der Waals surface area contributed by atoms with Crippen LogP contribution < -0.4 is 5.32 Å². The fourth-order valence-electron chi connectivity index (χ4n) is 1.61.